The minimum Gasteiger partial charge on any atom is -0.384 e. The van der Waals surface area contributed by atoms with Crippen molar-refractivity contribution in [3.8, 4) is 0 Å². The molecule has 0 amide bonds. The molecule has 3 N–H and O–H groups in total. The maximum Gasteiger partial charge on any atom is 0.122 e. The van der Waals surface area contributed by atoms with Crippen LogP contribution in [0.15, 0.2) is 24.3 Å². The molecule has 110 valence electrons. The summed E-state index contributed by atoms with van der Waals surface area (Å²) in [6.07, 6.45) is 5.17. The summed E-state index contributed by atoms with van der Waals surface area (Å²) in [7, 11) is 3.98. The van der Waals surface area contributed by atoms with Gasteiger partial charge in [-0.1, -0.05) is 18.2 Å². The van der Waals surface area contributed by atoms with Gasteiger partial charge in [-0.05, 0) is 44.4 Å². The average Bonchev–Trinajstić information content (AvgIpc) is 2.47. The minimum absolute atomic E-state index is 0.131. The Kier molecular flexibility index (Phi) is 5.15. The van der Waals surface area contributed by atoms with Crippen LogP contribution in [-0.2, 0) is 11.3 Å². The van der Waals surface area contributed by atoms with E-state index in [2.05, 4.69) is 18.0 Å². The van der Waals surface area contributed by atoms with E-state index in [9.17, 15) is 0 Å². The van der Waals surface area contributed by atoms with Crippen LogP contribution in [0.4, 0.5) is 0 Å². The summed E-state index contributed by atoms with van der Waals surface area (Å²) in [6, 6.07) is 8.54. The fourth-order valence-corrected chi connectivity index (χ4v) is 2.99. The first-order chi connectivity index (χ1) is 9.60. The molecule has 1 aliphatic rings. The summed E-state index contributed by atoms with van der Waals surface area (Å²) in [5.74, 6) is 0.131. The maximum absolute atomic E-state index is 7.51. The minimum atomic E-state index is 0.131. The van der Waals surface area contributed by atoms with E-state index in [1.54, 1.807) is 0 Å². The van der Waals surface area contributed by atoms with Gasteiger partial charge in [0.25, 0.3) is 0 Å². The lowest BCUT2D eigenvalue weighted by Gasteiger charge is -2.34. The first kappa shape index (κ1) is 15.0. The van der Waals surface area contributed by atoms with E-state index in [-0.39, 0.29) is 5.84 Å². The molecule has 1 saturated carbocycles. The number of benzene rings is 1. The van der Waals surface area contributed by atoms with Gasteiger partial charge in [0.2, 0.25) is 0 Å². The highest BCUT2D eigenvalue weighted by Crippen LogP contribution is 2.25. The molecule has 0 aliphatic heterocycles. The lowest BCUT2D eigenvalue weighted by molar-refractivity contribution is 0.0328. The molecule has 20 heavy (non-hydrogen) atoms. The van der Waals surface area contributed by atoms with Crippen molar-refractivity contribution in [2.45, 2.75) is 44.4 Å². The molecule has 2 unspecified atom stereocenters. The fraction of sp³-hybridized carbons (Fsp3) is 0.562. The van der Waals surface area contributed by atoms with Crippen LogP contribution in [0.25, 0.3) is 0 Å². The topological polar surface area (TPSA) is 62.3 Å². The molecule has 1 fully saturated rings. The molecule has 1 aromatic rings. The van der Waals surface area contributed by atoms with Gasteiger partial charge in [-0.15, -0.1) is 0 Å². The Labute approximate surface area is 121 Å². The predicted molar refractivity (Wildman–Crippen MR) is 82.0 cm³/mol. The third kappa shape index (κ3) is 3.81. The number of amidine groups is 1. The normalized spacial score (nSPS) is 22.9. The Morgan fingerprint density at radius 2 is 2.25 bits per heavy atom. The molecule has 0 saturated heterocycles. The quantitative estimate of drug-likeness (QED) is 0.640. The smallest absolute Gasteiger partial charge is 0.122 e. The fourth-order valence-electron chi connectivity index (χ4n) is 2.99. The van der Waals surface area contributed by atoms with Crippen LogP contribution >= 0.6 is 0 Å². The molecule has 0 spiro atoms. The number of nitrogens with two attached hydrogens (primary N) is 1. The van der Waals surface area contributed by atoms with Crippen LogP contribution in [0.3, 0.4) is 0 Å². The van der Waals surface area contributed by atoms with Crippen molar-refractivity contribution in [3.05, 3.63) is 35.4 Å². The number of hydrogen-bond acceptors (Lipinski definition) is 3. The standard InChI is InChI=1S/C16H25N3O/c1-19(14-7-4-8-15(10-14)20-2)11-12-5-3-6-13(9-12)16(17)18/h3,5-6,9,14-15H,4,7-8,10-11H2,1-2H3,(H3,17,18). The van der Waals surface area contributed by atoms with Crippen LogP contribution in [-0.4, -0.2) is 37.0 Å². The van der Waals surface area contributed by atoms with Crippen molar-refractivity contribution in [3.63, 3.8) is 0 Å². The lowest BCUT2D eigenvalue weighted by Crippen LogP contribution is -2.37. The highest BCUT2D eigenvalue weighted by Gasteiger charge is 2.24. The van der Waals surface area contributed by atoms with Crippen molar-refractivity contribution in [1.82, 2.24) is 4.90 Å². The highest BCUT2D eigenvalue weighted by atomic mass is 16.5. The summed E-state index contributed by atoms with van der Waals surface area (Å²) in [4.78, 5) is 2.39. The third-order valence-electron chi connectivity index (χ3n) is 4.23. The number of methoxy groups -OCH3 is 1. The van der Waals surface area contributed by atoms with Crippen molar-refractivity contribution >= 4 is 5.84 Å². The molecule has 2 rings (SSSR count). The van der Waals surface area contributed by atoms with Gasteiger partial charge in [-0.25, -0.2) is 0 Å². The number of ether oxygens (including phenoxy) is 1. The van der Waals surface area contributed by atoms with Crippen molar-refractivity contribution in [1.29, 1.82) is 5.41 Å². The molecule has 0 radical (unpaired) electrons. The summed E-state index contributed by atoms with van der Waals surface area (Å²) in [5, 5.41) is 7.51. The van der Waals surface area contributed by atoms with E-state index < -0.39 is 0 Å². The summed E-state index contributed by atoms with van der Waals surface area (Å²) in [6.45, 7) is 0.891. The molecule has 1 aromatic carbocycles. The molecular formula is C16H25N3O. The predicted octanol–water partition coefficient (Wildman–Crippen LogP) is 2.36. The number of hydrogen-bond donors (Lipinski definition) is 2. The second kappa shape index (κ2) is 6.86. The SMILES string of the molecule is COC1CCCC(N(C)Cc2cccc(C(=N)N)c2)C1. The van der Waals surface area contributed by atoms with Gasteiger partial charge < -0.3 is 10.5 Å². The van der Waals surface area contributed by atoms with E-state index >= 15 is 0 Å². The third-order valence-corrected chi connectivity index (χ3v) is 4.23. The van der Waals surface area contributed by atoms with E-state index in [1.165, 1.54) is 24.8 Å². The highest BCUT2D eigenvalue weighted by molar-refractivity contribution is 5.95. The summed E-state index contributed by atoms with van der Waals surface area (Å²) < 4.78 is 5.50. The molecule has 1 aliphatic carbocycles. The maximum atomic E-state index is 7.51. The van der Waals surface area contributed by atoms with Crippen LogP contribution < -0.4 is 5.73 Å². The van der Waals surface area contributed by atoms with Crippen LogP contribution in [0.5, 0.6) is 0 Å². The number of nitrogen functional groups attached to an aromatic ring is 1. The lowest BCUT2D eigenvalue weighted by atomic mass is 9.91. The van der Waals surface area contributed by atoms with Crippen molar-refractivity contribution in [2.75, 3.05) is 14.2 Å². The van der Waals surface area contributed by atoms with Crippen molar-refractivity contribution in [2.24, 2.45) is 5.73 Å². The van der Waals surface area contributed by atoms with E-state index in [0.717, 1.165) is 18.5 Å². The van der Waals surface area contributed by atoms with E-state index in [0.29, 0.717) is 12.1 Å². The van der Waals surface area contributed by atoms with Crippen LogP contribution in [0.1, 0.15) is 36.8 Å². The summed E-state index contributed by atoms with van der Waals surface area (Å²) >= 11 is 0. The zero-order valence-electron chi connectivity index (χ0n) is 12.4. The number of rotatable bonds is 5. The molecule has 4 nitrogen and oxygen atoms in total. The molecule has 0 heterocycles. The van der Waals surface area contributed by atoms with Crippen LogP contribution in [0, 0.1) is 5.41 Å². The second-order valence-electron chi connectivity index (χ2n) is 5.71. The zero-order valence-corrected chi connectivity index (χ0v) is 12.4. The van der Waals surface area contributed by atoms with E-state index in [1.807, 2.05) is 25.3 Å². The van der Waals surface area contributed by atoms with Crippen molar-refractivity contribution < 1.29 is 4.74 Å². The molecule has 0 bridgehead atoms. The zero-order chi connectivity index (χ0) is 14.5. The monoisotopic (exact) mass is 275 g/mol. The van der Waals surface area contributed by atoms with Gasteiger partial charge in [0.05, 0.1) is 6.10 Å². The summed E-state index contributed by atoms with van der Waals surface area (Å²) in [5.41, 5.74) is 7.55. The first-order valence-corrected chi connectivity index (χ1v) is 7.26. The first-order valence-electron chi connectivity index (χ1n) is 7.26. The molecular weight excluding hydrogens is 250 g/mol. The van der Waals surface area contributed by atoms with Gasteiger partial charge >= 0.3 is 0 Å². The van der Waals surface area contributed by atoms with Gasteiger partial charge in [0.1, 0.15) is 5.84 Å². The number of nitrogens with one attached hydrogen (secondary N) is 1. The van der Waals surface area contributed by atoms with Crippen LogP contribution in [0.2, 0.25) is 0 Å². The van der Waals surface area contributed by atoms with E-state index in [4.69, 9.17) is 15.9 Å². The molecule has 4 heteroatoms. The van der Waals surface area contributed by atoms with Gasteiger partial charge in [-0.2, -0.15) is 0 Å². The van der Waals surface area contributed by atoms with Gasteiger partial charge in [-0.3, -0.25) is 10.3 Å². The van der Waals surface area contributed by atoms with Gasteiger partial charge in [0, 0.05) is 25.3 Å². The van der Waals surface area contributed by atoms with Gasteiger partial charge in [0.15, 0.2) is 0 Å². The Balaban J connectivity index is 1.98. The Morgan fingerprint density at radius 3 is 2.95 bits per heavy atom. The Bertz CT molecular complexity index is 461. The number of nitrogens with zero attached hydrogens (tertiary/aromatic N) is 1. The second-order valence-corrected chi connectivity index (χ2v) is 5.71. The average molecular weight is 275 g/mol. The molecule has 0 aromatic heterocycles. The molecule has 2 atom stereocenters. The largest absolute Gasteiger partial charge is 0.384 e. The Morgan fingerprint density at radius 1 is 1.45 bits per heavy atom. The Hall–Kier alpha value is -1.39.